The topological polar surface area (TPSA) is 58.4 Å². The van der Waals surface area contributed by atoms with E-state index in [9.17, 15) is 4.79 Å². The fourth-order valence-electron chi connectivity index (χ4n) is 3.07. The molecule has 5 heteroatoms. The maximum absolute atomic E-state index is 12.1. The highest BCUT2D eigenvalue weighted by Crippen LogP contribution is 2.22. The molecule has 1 aromatic carbocycles. The van der Waals surface area contributed by atoms with Gasteiger partial charge in [-0.2, -0.15) is 0 Å². The van der Waals surface area contributed by atoms with Crippen LogP contribution in [0.5, 0.6) is 0 Å². The predicted octanol–water partition coefficient (Wildman–Crippen LogP) is 3.49. The van der Waals surface area contributed by atoms with Gasteiger partial charge < -0.3 is 9.73 Å². The van der Waals surface area contributed by atoms with Gasteiger partial charge in [-0.25, -0.2) is 4.98 Å². The summed E-state index contributed by atoms with van der Waals surface area (Å²) in [4.78, 5) is 18.8. The molecule has 1 aliphatic rings. The molecule has 0 fully saturated rings. The molecule has 0 unspecified atom stereocenters. The maximum atomic E-state index is 12.1. The van der Waals surface area contributed by atoms with E-state index in [-0.39, 0.29) is 17.8 Å². The minimum absolute atomic E-state index is 0.0711. The molecule has 1 amide bonds. The molecule has 0 aliphatic carbocycles. The normalized spacial score (nSPS) is 14.8. The number of oxazole rings is 1. The number of carbonyl (C=O) groups is 1. The molecule has 1 aliphatic heterocycles. The smallest absolute Gasteiger partial charge is 0.307 e. The van der Waals surface area contributed by atoms with Gasteiger partial charge in [-0.05, 0) is 30.9 Å². The monoisotopic (exact) mass is 341 g/mol. The van der Waals surface area contributed by atoms with Gasteiger partial charge in [0, 0.05) is 32.1 Å². The van der Waals surface area contributed by atoms with Crippen molar-refractivity contribution in [3.63, 3.8) is 0 Å². The number of carbonyl (C=O) groups excluding carboxylic acids is 1. The number of benzene rings is 1. The number of nitrogens with one attached hydrogen (secondary N) is 1. The molecule has 0 spiro atoms. The molecule has 2 aromatic rings. The van der Waals surface area contributed by atoms with Crippen LogP contribution < -0.4 is 5.32 Å². The molecule has 0 radical (unpaired) electrons. The van der Waals surface area contributed by atoms with Crippen LogP contribution in [0.1, 0.15) is 66.9 Å². The lowest BCUT2D eigenvalue weighted by molar-refractivity contribution is 0.0906. The summed E-state index contributed by atoms with van der Waals surface area (Å²) in [6.45, 7) is 10.8. The van der Waals surface area contributed by atoms with Crippen molar-refractivity contribution in [1.82, 2.24) is 15.2 Å². The van der Waals surface area contributed by atoms with E-state index in [0.29, 0.717) is 5.92 Å². The number of hydrogen-bond acceptors (Lipinski definition) is 4. The van der Waals surface area contributed by atoms with Gasteiger partial charge in [-0.3, -0.25) is 9.69 Å². The fourth-order valence-corrected chi connectivity index (χ4v) is 3.07. The molecular weight excluding hydrogens is 314 g/mol. The summed E-state index contributed by atoms with van der Waals surface area (Å²) >= 11 is 0. The van der Waals surface area contributed by atoms with Gasteiger partial charge in [-0.15, -0.1) is 0 Å². The minimum atomic E-state index is -0.236. The first-order valence-corrected chi connectivity index (χ1v) is 9.03. The number of rotatable bonds is 5. The van der Waals surface area contributed by atoms with Crippen LogP contribution in [0.25, 0.3) is 0 Å². The highest BCUT2D eigenvalue weighted by molar-refractivity contribution is 5.89. The second-order valence-electron chi connectivity index (χ2n) is 7.37. The predicted molar refractivity (Wildman–Crippen MR) is 97.5 cm³/mol. The molecule has 3 rings (SSSR count). The van der Waals surface area contributed by atoms with Crippen molar-refractivity contribution in [2.75, 3.05) is 6.54 Å². The van der Waals surface area contributed by atoms with Gasteiger partial charge in [-0.1, -0.05) is 38.1 Å². The molecule has 0 atom stereocenters. The number of nitrogens with zero attached hydrogens (tertiary/aromatic N) is 2. The first kappa shape index (κ1) is 17.7. The average molecular weight is 341 g/mol. The number of fused-ring (bicyclic) bond motifs is 1. The van der Waals surface area contributed by atoms with Gasteiger partial charge in [0.1, 0.15) is 5.76 Å². The SMILES string of the molecule is CC(C)NC(=O)c1nc2c(o1)CCN(Cc1ccc(C(C)C)cc1)C2. The Kier molecular flexibility index (Phi) is 5.23. The van der Waals surface area contributed by atoms with Crippen molar-refractivity contribution in [3.05, 3.63) is 52.7 Å². The molecule has 134 valence electrons. The lowest BCUT2D eigenvalue weighted by Gasteiger charge is -2.25. The Balaban J connectivity index is 1.65. The van der Waals surface area contributed by atoms with Crippen molar-refractivity contribution in [1.29, 1.82) is 0 Å². The highest BCUT2D eigenvalue weighted by atomic mass is 16.4. The molecule has 0 saturated carbocycles. The molecule has 1 aromatic heterocycles. The maximum Gasteiger partial charge on any atom is 0.307 e. The third-order valence-electron chi connectivity index (χ3n) is 4.47. The number of amides is 1. The first-order chi connectivity index (χ1) is 11.9. The van der Waals surface area contributed by atoms with Crippen LogP contribution in [-0.2, 0) is 19.5 Å². The van der Waals surface area contributed by atoms with E-state index in [1.807, 2.05) is 13.8 Å². The Labute approximate surface area is 149 Å². The van der Waals surface area contributed by atoms with E-state index < -0.39 is 0 Å². The molecule has 5 nitrogen and oxygen atoms in total. The zero-order chi connectivity index (χ0) is 18.0. The highest BCUT2D eigenvalue weighted by Gasteiger charge is 2.25. The van der Waals surface area contributed by atoms with Crippen LogP contribution in [0, 0.1) is 0 Å². The zero-order valence-electron chi connectivity index (χ0n) is 15.5. The lowest BCUT2D eigenvalue weighted by atomic mass is 10.0. The average Bonchev–Trinajstić information content (AvgIpc) is 2.98. The van der Waals surface area contributed by atoms with Crippen molar-refractivity contribution in [2.24, 2.45) is 0 Å². The Morgan fingerprint density at radius 2 is 1.96 bits per heavy atom. The van der Waals surface area contributed by atoms with E-state index >= 15 is 0 Å². The second-order valence-corrected chi connectivity index (χ2v) is 7.37. The van der Waals surface area contributed by atoms with Crippen LogP contribution in [-0.4, -0.2) is 28.4 Å². The van der Waals surface area contributed by atoms with Crippen molar-refractivity contribution >= 4 is 5.91 Å². The molecule has 0 bridgehead atoms. The second kappa shape index (κ2) is 7.40. The summed E-state index contributed by atoms with van der Waals surface area (Å²) in [7, 11) is 0. The largest absolute Gasteiger partial charge is 0.437 e. The summed E-state index contributed by atoms with van der Waals surface area (Å²) in [6, 6.07) is 8.89. The Morgan fingerprint density at radius 1 is 1.24 bits per heavy atom. The number of hydrogen-bond donors (Lipinski definition) is 1. The van der Waals surface area contributed by atoms with E-state index in [0.717, 1.165) is 37.5 Å². The quantitative estimate of drug-likeness (QED) is 0.904. The van der Waals surface area contributed by atoms with E-state index in [2.05, 4.69) is 53.3 Å². The zero-order valence-corrected chi connectivity index (χ0v) is 15.5. The van der Waals surface area contributed by atoms with Crippen LogP contribution >= 0.6 is 0 Å². The Morgan fingerprint density at radius 3 is 2.60 bits per heavy atom. The summed E-state index contributed by atoms with van der Waals surface area (Å²) in [5, 5.41) is 2.82. The summed E-state index contributed by atoms with van der Waals surface area (Å²) in [6.07, 6.45) is 0.793. The molecule has 25 heavy (non-hydrogen) atoms. The van der Waals surface area contributed by atoms with Gasteiger partial charge in [0.25, 0.3) is 5.89 Å². The van der Waals surface area contributed by atoms with Crippen molar-refractivity contribution in [3.8, 4) is 0 Å². The Hall–Kier alpha value is -2.14. The van der Waals surface area contributed by atoms with Crippen LogP contribution in [0.3, 0.4) is 0 Å². The van der Waals surface area contributed by atoms with Gasteiger partial charge >= 0.3 is 5.91 Å². The summed E-state index contributed by atoms with van der Waals surface area (Å²) in [5.74, 6) is 1.35. The summed E-state index contributed by atoms with van der Waals surface area (Å²) < 4.78 is 5.66. The van der Waals surface area contributed by atoms with Gasteiger partial charge in [0.05, 0.1) is 5.69 Å². The van der Waals surface area contributed by atoms with Crippen LogP contribution in [0.4, 0.5) is 0 Å². The van der Waals surface area contributed by atoms with E-state index in [1.165, 1.54) is 11.1 Å². The molecular formula is C20H27N3O2. The fraction of sp³-hybridized carbons (Fsp3) is 0.500. The van der Waals surface area contributed by atoms with E-state index in [4.69, 9.17) is 4.42 Å². The standard InChI is InChI=1S/C20H27N3O2/c1-13(2)16-7-5-15(6-8-16)11-23-10-9-18-17(12-23)22-20(25-18)19(24)21-14(3)4/h5-8,13-14H,9-12H2,1-4H3,(H,21,24). The third kappa shape index (κ3) is 4.28. The Bertz CT molecular complexity index is 732. The van der Waals surface area contributed by atoms with Gasteiger partial charge in [0.2, 0.25) is 0 Å². The van der Waals surface area contributed by atoms with Crippen LogP contribution in [0.2, 0.25) is 0 Å². The van der Waals surface area contributed by atoms with Gasteiger partial charge in [0.15, 0.2) is 0 Å². The van der Waals surface area contributed by atoms with Crippen molar-refractivity contribution < 1.29 is 9.21 Å². The molecule has 0 saturated heterocycles. The first-order valence-electron chi connectivity index (χ1n) is 9.03. The third-order valence-corrected chi connectivity index (χ3v) is 4.47. The summed E-state index contributed by atoms with van der Waals surface area (Å²) in [5.41, 5.74) is 3.55. The molecule has 1 N–H and O–H groups in total. The van der Waals surface area contributed by atoms with Crippen LogP contribution in [0.15, 0.2) is 28.7 Å². The number of aromatic nitrogens is 1. The minimum Gasteiger partial charge on any atom is -0.437 e. The lowest BCUT2D eigenvalue weighted by Crippen LogP contribution is -2.30. The van der Waals surface area contributed by atoms with E-state index in [1.54, 1.807) is 0 Å². The van der Waals surface area contributed by atoms with Crippen molar-refractivity contribution in [2.45, 2.75) is 59.2 Å². The molecule has 2 heterocycles.